The molecule has 3 aromatic carbocycles. The van der Waals surface area contributed by atoms with Gasteiger partial charge >= 0.3 is 0 Å². The van der Waals surface area contributed by atoms with E-state index in [4.69, 9.17) is 8.37 Å². The van der Waals surface area contributed by atoms with Crippen LogP contribution in [0.3, 0.4) is 0 Å². The molecule has 0 spiro atoms. The van der Waals surface area contributed by atoms with Crippen molar-refractivity contribution < 1.29 is 25.2 Å². The molecule has 0 heterocycles. The molecule has 3 rings (SSSR count). The number of hydrogen-bond acceptors (Lipinski definition) is 6. The molecule has 0 bridgehead atoms. The van der Waals surface area contributed by atoms with E-state index in [0.717, 1.165) is 16.7 Å². The van der Waals surface area contributed by atoms with Crippen LogP contribution in [-0.2, 0) is 35.0 Å². The van der Waals surface area contributed by atoms with Crippen LogP contribution in [-0.4, -0.2) is 30.0 Å². The maximum Gasteiger partial charge on any atom is 0.296 e. The second-order valence-electron chi connectivity index (χ2n) is 7.99. The average Bonchev–Trinajstić information content (AvgIpc) is 2.80. The molecular formula is C25H28O6S2. The van der Waals surface area contributed by atoms with Crippen LogP contribution in [0.5, 0.6) is 0 Å². The molecule has 0 atom stereocenters. The molecule has 0 aliphatic heterocycles. The second-order valence-corrected chi connectivity index (χ2v) is 11.2. The van der Waals surface area contributed by atoms with Gasteiger partial charge in [-0.25, -0.2) is 0 Å². The summed E-state index contributed by atoms with van der Waals surface area (Å²) in [4.78, 5) is 0.117. The van der Waals surface area contributed by atoms with Crippen molar-refractivity contribution in [3.8, 4) is 0 Å². The summed E-state index contributed by atoms with van der Waals surface area (Å²) in [5, 5.41) is 0. The van der Waals surface area contributed by atoms with Crippen molar-refractivity contribution in [2.45, 2.75) is 36.5 Å². The third-order valence-electron chi connectivity index (χ3n) is 5.22. The zero-order valence-corrected chi connectivity index (χ0v) is 20.3. The van der Waals surface area contributed by atoms with Crippen LogP contribution in [0.4, 0.5) is 0 Å². The predicted octanol–water partition coefficient (Wildman–Crippen LogP) is 4.66. The van der Waals surface area contributed by atoms with Gasteiger partial charge < -0.3 is 0 Å². The predicted molar refractivity (Wildman–Crippen MR) is 127 cm³/mol. The van der Waals surface area contributed by atoms with Crippen molar-refractivity contribution >= 4 is 20.2 Å². The molecule has 3 aromatic rings. The van der Waals surface area contributed by atoms with Crippen LogP contribution in [0.1, 0.15) is 23.1 Å². The Bertz CT molecular complexity index is 1160. The summed E-state index contributed by atoms with van der Waals surface area (Å²) < 4.78 is 61.0. The number of rotatable bonds is 11. The van der Waals surface area contributed by atoms with Crippen molar-refractivity contribution in [2.24, 2.45) is 5.92 Å². The molecule has 0 aliphatic rings. The summed E-state index contributed by atoms with van der Waals surface area (Å²) in [6.07, 6.45) is 1.13. The van der Waals surface area contributed by atoms with E-state index >= 15 is 0 Å². The number of hydrogen-bond donors (Lipinski definition) is 0. The van der Waals surface area contributed by atoms with Crippen LogP contribution in [0, 0.1) is 19.8 Å². The SMILES string of the molecule is Cc1ccc(S(=O)(=O)OCC(CCc2ccccc2)COS(=O)(=O)c2ccc(C)cc2)cc1. The molecule has 0 radical (unpaired) electrons. The quantitative estimate of drug-likeness (QED) is 0.365. The summed E-state index contributed by atoms with van der Waals surface area (Å²) in [7, 11) is -7.94. The molecule has 0 amide bonds. The smallest absolute Gasteiger partial charge is 0.266 e. The molecule has 176 valence electrons. The van der Waals surface area contributed by atoms with Gasteiger partial charge in [0.1, 0.15) is 0 Å². The van der Waals surface area contributed by atoms with E-state index in [1.54, 1.807) is 24.3 Å². The van der Waals surface area contributed by atoms with Gasteiger partial charge in [-0.15, -0.1) is 0 Å². The summed E-state index contributed by atoms with van der Waals surface area (Å²) >= 11 is 0. The Hall–Kier alpha value is -2.52. The lowest BCUT2D eigenvalue weighted by Crippen LogP contribution is -2.22. The average molecular weight is 489 g/mol. The largest absolute Gasteiger partial charge is 0.296 e. The summed E-state index contributed by atoms with van der Waals surface area (Å²) in [6.45, 7) is 3.35. The third-order valence-corrected chi connectivity index (χ3v) is 7.81. The van der Waals surface area contributed by atoms with Gasteiger partial charge in [-0.3, -0.25) is 8.37 Å². The van der Waals surface area contributed by atoms with Gasteiger partial charge in [-0.1, -0.05) is 65.7 Å². The monoisotopic (exact) mass is 488 g/mol. The minimum Gasteiger partial charge on any atom is -0.266 e. The van der Waals surface area contributed by atoms with Gasteiger partial charge in [0.2, 0.25) is 0 Å². The highest BCUT2D eigenvalue weighted by Gasteiger charge is 2.22. The van der Waals surface area contributed by atoms with Crippen LogP contribution in [0.2, 0.25) is 0 Å². The summed E-state index contributed by atoms with van der Waals surface area (Å²) in [5.41, 5.74) is 2.93. The van der Waals surface area contributed by atoms with E-state index < -0.39 is 26.2 Å². The topological polar surface area (TPSA) is 86.7 Å². The molecule has 0 saturated carbocycles. The summed E-state index contributed by atoms with van der Waals surface area (Å²) in [6, 6.07) is 22.4. The molecule has 0 aromatic heterocycles. The lowest BCUT2D eigenvalue weighted by atomic mass is 10.0. The van der Waals surface area contributed by atoms with Gasteiger partial charge in [0.05, 0.1) is 23.0 Å². The van der Waals surface area contributed by atoms with Crippen LogP contribution >= 0.6 is 0 Å². The highest BCUT2D eigenvalue weighted by atomic mass is 32.2. The molecule has 0 saturated heterocycles. The molecule has 6 nitrogen and oxygen atoms in total. The maximum absolute atomic E-state index is 12.6. The fraction of sp³-hybridized carbons (Fsp3) is 0.280. The van der Waals surface area contributed by atoms with Gasteiger partial charge in [0, 0.05) is 5.92 Å². The maximum atomic E-state index is 12.6. The lowest BCUT2D eigenvalue weighted by molar-refractivity contribution is 0.177. The van der Waals surface area contributed by atoms with Gasteiger partial charge in [0.25, 0.3) is 20.2 Å². The van der Waals surface area contributed by atoms with Crippen molar-refractivity contribution in [3.05, 3.63) is 95.6 Å². The highest BCUT2D eigenvalue weighted by molar-refractivity contribution is 7.87. The first kappa shape index (κ1) is 25.1. The van der Waals surface area contributed by atoms with E-state index in [-0.39, 0.29) is 23.0 Å². The molecule has 33 heavy (non-hydrogen) atoms. The second kappa shape index (κ2) is 11.1. The van der Waals surface area contributed by atoms with E-state index in [1.807, 2.05) is 44.2 Å². The minimum atomic E-state index is -3.97. The number of aryl methyl sites for hydroxylation is 3. The van der Waals surface area contributed by atoms with Crippen LogP contribution < -0.4 is 0 Å². The van der Waals surface area contributed by atoms with Gasteiger partial charge in [-0.05, 0) is 56.5 Å². The lowest BCUT2D eigenvalue weighted by Gasteiger charge is -2.17. The fourth-order valence-corrected chi connectivity index (χ4v) is 5.10. The first-order chi connectivity index (χ1) is 15.7. The van der Waals surface area contributed by atoms with E-state index in [9.17, 15) is 16.8 Å². The fourth-order valence-electron chi connectivity index (χ4n) is 3.15. The van der Waals surface area contributed by atoms with Gasteiger partial charge in [0.15, 0.2) is 0 Å². The van der Waals surface area contributed by atoms with Crippen molar-refractivity contribution in [2.75, 3.05) is 13.2 Å². The van der Waals surface area contributed by atoms with Crippen LogP contribution in [0.25, 0.3) is 0 Å². The zero-order valence-electron chi connectivity index (χ0n) is 18.7. The molecular weight excluding hydrogens is 460 g/mol. The van der Waals surface area contributed by atoms with E-state index in [1.165, 1.54) is 24.3 Å². The molecule has 0 N–H and O–H groups in total. The highest BCUT2D eigenvalue weighted by Crippen LogP contribution is 2.20. The van der Waals surface area contributed by atoms with Crippen molar-refractivity contribution in [1.82, 2.24) is 0 Å². The Kier molecular flexibility index (Phi) is 8.42. The molecule has 8 heteroatoms. The Morgan fingerprint density at radius 1 is 0.636 bits per heavy atom. The van der Waals surface area contributed by atoms with Crippen molar-refractivity contribution in [3.63, 3.8) is 0 Å². The molecule has 0 fully saturated rings. The third kappa shape index (κ3) is 7.50. The van der Waals surface area contributed by atoms with Gasteiger partial charge in [-0.2, -0.15) is 16.8 Å². The Balaban J connectivity index is 1.70. The first-order valence-electron chi connectivity index (χ1n) is 10.6. The first-order valence-corrected chi connectivity index (χ1v) is 13.4. The van der Waals surface area contributed by atoms with E-state index in [0.29, 0.717) is 12.8 Å². The van der Waals surface area contributed by atoms with E-state index in [2.05, 4.69) is 0 Å². The normalized spacial score (nSPS) is 12.2. The standard InChI is InChI=1S/C25H28O6S2/c1-20-8-14-24(15-9-20)32(26,27)30-18-23(13-12-22-6-4-3-5-7-22)19-31-33(28,29)25-16-10-21(2)11-17-25/h3-11,14-17,23H,12-13,18-19H2,1-2H3. The molecule has 0 unspecified atom stereocenters. The number of benzene rings is 3. The Labute approximate surface area is 196 Å². The minimum absolute atomic E-state index is 0.0584. The van der Waals surface area contributed by atoms with Crippen molar-refractivity contribution in [1.29, 1.82) is 0 Å². The Morgan fingerprint density at radius 3 is 1.48 bits per heavy atom. The zero-order chi connectivity index (χ0) is 23.9. The molecule has 0 aliphatic carbocycles. The summed E-state index contributed by atoms with van der Waals surface area (Å²) in [5.74, 6) is -0.453. The Morgan fingerprint density at radius 2 is 1.06 bits per heavy atom. The van der Waals surface area contributed by atoms with Crippen LogP contribution in [0.15, 0.2) is 88.7 Å².